The lowest BCUT2D eigenvalue weighted by Gasteiger charge is -2.21. The Balaban J connectivity index is 1.72. The van der Waals surface area contributed by atoms with E-state index in [9.17, 15) is 19.7 Å². The average molecular weight is 455 g/mol. The summed E-state index contributed by atoms with van der Waals surface area (Å²) in [5.74, 6) is -0.232. The molecule has 1 heterocycles. The molecule has 3 rings (SSSR count). The first kappa shape index (κ1) is 22.9. The maximum atomic E-state index is 12.9. The van der Waals surface area contributed by atoms with Crippen molar-refractivity contribution in [2.45, 2.75) is 12.1 Å². The number of benzene rings is 2. The van der Waals surface area contributed by atoms with Gasteiger partial charge in [0.15, 0.2) is 11.0 Å². The summed E-state index contributed by atoms with van der Waals surface area (Å²) in [6.07, 6.45) is 0. The molecule has 10 nitrogen and oxygen atoms in total. The van der Waals surface area contributed by atoms with Gasteiger partial charge in [-0.3, -0.25) is 19.7 Å². The van der Waals surface area contributed by atoms with Crippen LogP contribution in [0.3, 0.4) is 0 Å². The van der Waals surface area contributed by atoms with Crippen molar-refractivity contribution in [2.24, 2.45) is 7.05 Å². The van der Waals surface area contributed by atoms with Crippen LogP contribution in [0, 0.1) is 10.1 Å². The Bertz CT molecular complexity index is 1100. The van der Waals surface area contributed by atoms with Gasteiger partial charge in [-0.25, -0.2) is 0 Å². The van der Waals surface area contributed by atoms with E-state index in [1.807, 2.05) is 6.07 Å². The number of nitro groups is 1. The molecule has 166 valence electrons. The van der Waals surface area contributed by atoms with Crippen LogP contribution in [0.1, 0.15) is 6.92 Å². The molecule has 0 aliphatic rings. The Kier molecular flexibility index (Phi) is 7.55. The fourth-order valence-corrected chi connectivity index (χ4v) is 3.68. The molecule has 0 radical (unpaired) electrons. The molecule has 0 fully saturated rings. The standard InChI is InChI=1S/C21H21N5O5S/c1-3-31-19(28)13-25(16-7-5-4-6-8-16)18(27)14-32-21-23-22-20(24(21)2)15-9-11-17(12-10-15)26(29)30/h4-12H,3,13-14H2,1-2H3. The van der Waals surface area contributed by atoms with E-state index in [4.69, 9.17) is 4.74 Å². The fourth-order valence-electron chi connectivity index (χ4n) is 2.90. The molecular weight excluding hydrogens is 434 g/mol. The van der Waals surface area contributed by atoms with E-state index in [0.29, 0.717) is 22.2 Å². The van der Waals surface area contributed by atoms with Crippen LogP contribution in [0.15, 0.2) is 59.8 Å². The van der Waals surface area contributed by atoms with Gasteiger partial charge >= 0.3 is 5.97 Å². The zero-order chi connectivity index (χ0) is 23.1. The molecule has 0 aliphatic carbocycles. The number of nitrogens with zero attached hydrogens (tertiary/aromatic N) is 5. The number of hydrogen-bond donors (Lipinski definition) is 0. The number of carbonyl (C=O) groups is 2. The quantitative estimate of drug-likeness (QED) is 0.209. The zero-order valence-corrected chi connectivity index (χ0v) is 18.3. The zero-order valence-electron chi connectivity index (χ0n) is 17.5. The van der Waals surface area contributed by atoms with Crippen LogP contribution >= 0.6 is 11.8 Å². The third-order valence-corrected chi connectivity index (χ3v) is 5.46. The Morgan fingerprint density at radius 3 is 2.44 bits per heavy atom. The lowest BCUT2D eigenvalue weighted by Crippen LogP contribution is -2.37. The van der Waals surface area contributed by atoms with Crippen molar-refractivity contribution >= 4 is 35.0 Å². The van der Waals surface area contributed by atoms with Gasteiger partial charge in [-0.15, -0.1) is 10.2 Å². The number of carbonyl (C=O) groups excluding carboxylic acids is 2. The van der Waals surface area contributed by atoms with Gasteiger partial charge in [0, 0.05) is 30.4 Å². The molecule has 32 heavy (non-hydrogen) atoms. The summed E-state index contributed by atoms with van der Waals surface area (Å²) in [6, 6.07) is 14.9. The highest BCUT2D eigenvalue weighted by molar-refractivity contribution is 7.99. The summed E-state index contributed by atoms with van der Waals surface area (Å²) in [5.41, 5.74) is 1.24. The first-order valence-corrected chi connectivity index (χ1v) is 10.7. The van der Waals surface area contributed by atoms with E-state index in [-0.39, 0.29) is 30.5 Å². The van der Waals surface area contributed by atoms with Crippen LogP contribution in [0.2, 0.25) is 0 Å². The molecule has 3 aromatic rings. The molecule has 0 saturated heterocycles. The predicted molar refractivity (Wildman–Crippen MR) is 119 cm³/mol. The molecule has 0 N–H and O–H groups in total. The van der Waals surface area contributed by atoms with Crippen molar-refractivity contribution in [2.75, 3.05) is 23.8 Å². The molecular formula is C21H21N5O5S. The monoisotopic (exact) mass is 455 g/mol. The second-order valence-corrected chi connectivity index (χ2v) is 7.52. The Hall–Kier alpha value is -3.73. The van der Waals surface area contributed by atoms with Gasteiger partial charge in [0.25, 0.3) is 5.69 Å². The number of amides is 1. The molecule has 1 aromatic heterocycles. The number of non-ortho nitro benzene ring substituents is 1. The van der Waals surface area contributed by atoms with Gasteiger partial charge in [-0.1, -0.05) is 30.0 Å². The van der Waals surface area contributed by atoms with Crippen LogP contribution < -0.4 is 4.90 Å². The summed E-state index contributed by atoms with van der Waals surface area (Å²) in [4.78, 5) is 36.7. The van der Waals surface area contributed by atoms with Gasteiger partial charge in [0.2, 0.25) is 5.91 Å². The molecule has 0 spiro atoms. The average Bonchev–Trinajstić information content (AvgIpc) is 3.17. The number of rotatable bonds is 9. The SMILES string of the molecule is CCOC(=O)CN(C(=O)CSc1nnc(-c2ccc([N+](=O)[O-])cc2)n1C)c1ccccc1. The van der Waals surface area contributed by atoms with E-state index in [0.717, 1.165) is 0 Å². The Labute approximate surface area is 188 Å². The maximum absolute atomic E-state index is 12.9. The molecule has 0 unspecified atom stereocenters. The Morgan fingerprint density at radius 1 is 1.12 bits per heavy atom. The van der Waals surface area contributed by atoms with E-state index < -0.39 is 10.9 Å². The minimum absolute atomic E-state index is 0.0151. The highest BCUT2D eigenvalue weighted by Gasteiger charge is 2.21. The van der Waals surface area contributed by atoms with Crippen molar-refractivity contribution in [3.63, 3.8) is 0 Å². The van der Waals surface area contributed by atoms with Gasteiger partial charge in [0.05, 0.1) is 17.3 Å². The molecule has 0 atom stereocenters. The minimum Gasteiger partial charge on any atom is -0.465 e. The number of para-hydroxylation sites is 1. The molecule has 11 heteroatoms. The number of anilines is 1. The summed E-state index contributed by atoms with van der Waals surface area (Å²) >= 11 is 1.18. The molecule has 2 aromatic carbocycles. The lowest BCUT2D eigenvalue weighted by atomic mass is 10.2. The van der Waals surface area contributed by atoms with Crippen molar-refractivity contribution < 1.29 is 19.2 Å². The third kappa shape index (κ3) is 5.49. The Morgan fingerprint density at radius 2 is 1.81 bits per heavy atom. The highest BCUT2D eigenvalue weighted by Crippen LogP contribution is 2.25. The minimum atomic E-state index is -0.492. The first-order valence-electron chi connectivity index (χ1n) is 9.68. The van der Waals surface area contributed by atoms with Crippen molar-refractivity contribution in [3.8, 4) is 11.4 Å². The van der Waals surface area contributed by atoms with E-state index in [1.54, 1.807) is 54.9 Å². The normalized spacial score (nSPS) is 10.6. The van der Waals surface area contributed by atoms with Crippen LogP contribution in [-0.4, -0.2) is 50.5 Å². The third-order valence-electron chi connectivity index (χ3n) is 4.46. The van der Waals surface area contributed by atoms with E-state index in [1.165, 1.54) is 28.8 Å². The lowest BCUT2D eigenvalue weighted by molar-refractivity contribution is -0.384. The molecule has 0 saturated carbocycles. The molecule has 1 amide bonds. The maximum Gasteiger partial charge on any atom is 0.326 e. The number of ether oxygens (including phenoxy) is 1. The number of aromatic nitrogens is 3. The smallest absolute Gasteiger partial charge is 0.326 e. The van der Waals surface area contributed by atoms with Crippen LogP contribution in [0.5, 0.6) is 0 Å². The largest absolute Gasteiger partial charge is 0.465 e. The number of nitro benzene ring substituents is 1. The summed E-state index contributed by atoms with van der Waals surface area (Å²) in [6.45, 7) is 1.75. The van der Waals surface area contributed by atoms with Gasteiger partial charge < -0.3 is 14.2 Å². The van der Waals surface area contributed by atoms with Crippen LogP contribution in [0.25, 0.3) is 11.4 Å². The van der Waals surface area contributed by atoms with Gasteiger partial charge in [0.1, 0.15) is 6.54 Å². The van der Waals surface area contributed by atoms with E-state index >= 15 is 0 Å². The van der Waals surface area contributed by atoms with Crippen LogP contribution in [0.4, 0.5) is 11.4 Å². The van der Waals surface area contributed by atoms with Crippen molar-refractivity contribution in [1.29, 1.82) is 0 Å². The first-order chi connectivity index (χ1) is 15.4. The van der Waals surface area contributed by atoms with Crippen molar-refractivity contribution in [1.82, 2.24) is 14.8 Å². The number of esters is 1. The fraction of sp³-hybridized carbons (Fsp3) is 0.238. The summed E-state index contributed by atoms with van der Waals surface area (Å²) in [7, 11) is 1.75. The molecule has 0 bridgehead atoms. The topological polar surface area (TPSA) is 120 Å². The summed E-state index contributed by atoms with van der Waals surface area (Å²) in [5, 5.41) is 19.6. The second kappa shape index (κ2) is 10.5. The van der Waals surface area contributed by atoms with Gasteiger partial charge in [-0.05, 0) is 31.2 Å². The van der Waals surface area contributed by atoms with Crippen LogP contribution in [-0.2, 0) is 21.4 Å². The summed E-state index contributed by atoms with van der Waals surface area (Å²) < 4.78 is 6.70. The molecule has 0 aliphatic heterocycles. The van der Waals surface area contributed by atoms with E-state index in [2.05, 4.69) is 10.2 Å². The van der Waals surface area contributed by atoms with Gasteiger partial charge in [-0.2, -0.15) is 0 Å². The second-order valence-electron chi connectivity index (χ2n) is 6.58. The number of hydrogen-bond acceptors (Lipinski definition) is 8. The number of thioether (sulfide) groups is 1. The van der Waals surface area contributed by atoms with Crippen molar-refractivity contribution in [3.05, 3.63) is 64.7 Å². The highest BCUT2D eigenvalue weighted by atomic mass is 32.2. The predicted octanol–water partition coefficient (Wildman–Crippen LogP) is 3.08.